The summed E-state index contributed by atoms with van der Waals surface area (Å²) in [5.74, 6) is 0.0953. The molecule has 1 aromatic carbocycles. The van der Waals surface area contributed by atoms with E-state index in [2.05, 4.69) is 31.9 Å². The molecule has 1 amide bonds. The zero-order valence-corrected chi connectivity index (χ0v) is 11.6. The molecule has 0 saturated carbocycles. The highest BCUT2D eigenvalue weighted by atomic mass is 79.9. The Morgan fingerprint density at radius 1 is 1.47 bits per heavy atom. The normalized spacial score (nSPS) is 21.1. The van der Waals surface area contributed by atoms with Crippen LogP contribution in [0.4, 0.5) is 5.69 Å². The number of halogens is 3. The van der Waals surface area contributed by atoms with Gasteiger partial charge in [0.1, 0.15) is 0 Å². The van der Waals surface area contributed by atoms with E-state index in [4.69, 9.17) is 11.6 Å². The molecule has 2 nitrogen and oxygen atoms in total. The molecule has 0 N–H and O–H groups in total. The monoisotopic (exact) mass is 351 g/mol. The number of hydrogen-bond acceptors (Lipinski definition) is 1. The predicted molar refractivity (Wildman–Crippen MR) is 68.8 cm³/mol. The highest BCUT2D eigenvalue weighted by Gasteiger charge is 2.31. The minimum absolute atomic E-state index is 0.0663. The summed E-state index contributed by atoms with van der Waals surface area (Å²) >= 11 is 12.7. The summed E-state index contributed by atoms with van der Waals surface area (Å²) in [6, 6.07) is 5.53. The molecule has 1 fully saturated rings. The Kier molecular flexibility index (Phi) is 3.38. The number of nitrogens with zero attached hydrogens (tertiary/aromatic N) is 1. The van der Waals surface area contributed by atoms with Gasteiger partial charge in [0.15, 0.2) is 0 Å². The van der Waals surface area contributed by atoms with E-state index < -0.39 is 0 Å². The minimum Gasteiger partial charge on any atom is -0.310 e. The number of hydrogen-bond donors (Lipinski definition) is 0. The molecule has 0 radical (unpaired) electrons. The molecule has 1 aromatic rings. The Morgan fingerprint density at radius 2 is 2.20 bits per heavy atom. The maximum Gasteiger partial charge on any atom is 0.240 e. The lowest BCUT2D eigenvalue weighted by Gasteiger charge is -2.18. The molecule has 15 heavy (non-hydrogen) atoms. The van der Waals surface area contributed by atoms with Crippen LogP contribution < -0.4 is 4.90 Å². The highest BCUT2D eigenvalue weighted by molar-refractivity contribution is 9.10. The Morgan fingerprint density at radius 3 is 2.80 bits per heavy atom. The van der Waals surface area contributed by atoms with Crippen LogP contribution in [-0.4, -0.2) is 17.3 Å². The van der Waals surface area contributed by atoms with Crippen molar-refractivity contribution in [1.82, 2.24) is 0 Å². The first-order chi connectivity index (χ1) is 7.11. The third-order valence-electron chi connectivity index (χ3n) is 2.36. The maximum absolute atomic E-state index is 11.8. The second-order valence-electron chi connectivity index (χ2n) is 3.32. The molecule has 80 valence electrons. The number of alkyl halides is 1. The third kappa shape index (κ3) is 2.08. The molecule has 0 aromatic heterocycles. The van der Waals surface area contributed by atoms with Crippen LogP contribution in [0.3, 0.4) is 0 Å². The molecule has 1 aliphatic rings. The van der Waals surface area contributed by atoms with E-state index >= 15 is 0 Å². The molecule has 5 heteroatoms. The van der Waals surface area contributed by atoms with Gasteiger partial charge in [0.05, 0.1) is 20.0 Å². The fraction of sp³-hybridized carbons (Fsp3) is 0.300. The first-order valence-corrected chi connectivity index (χ1v) is 6.59. The number of anilines is 1. The van der Waals surface area contributed by atoms with Gasteiger partial charge in [-0.25, -0.2) is 0 Å². The average molecular weight is 353 g/mol. The summed E-state index contributed by atoms with van der Waals surface area (Å²) < 4.78 is 0.779. The molecule has 1 atom stereocenters. The van der Waals surface area contributed by atoms with Gasteiger partial charge in [-0.3, -0.25) is 4.79 Å². The molecule has 1 heterocycles. The molecule has 0 bridgehead atoms. The van der Waals surface area contributed by atoms with Gasteiger partial charge in [-0.2, -0.15) is 0 Å². The quantitative estimate of drug-likeness (QED) is 0.707. The van der Waals surface area contributed by atoms with Crippen molar-refractivity contribution in [2.24, 2.45) is 0 Å². The first kappa shape index (κ1) is 11.4. The summed E-state index contributed by atoms with van der Waals surface area (Å²) in [7, 11) is 0. The smallest absolute Gasteiger partial charge is 0.240 e. The molecule has 1 saturated heterocycles. The van der Waals surface area contributed by atoms with E-state index in [1.54, 1.807) is 11.0 Å². The average Bonchev–Trinajstić information content (AvgIpc) is 2.53. The van der Waals surface area contributed by atoms with Gasteiger partial charge in [-0.05, 0) is 34.5 Å². The first-order valence-electron chi connectivity index (χ1n) is 4.50. The zero-order chi connectivity index (χ0) is 11.0. The van der Waals surface area contributed by atoms with Gasteiger partial charge in [0.2, 0.25) is 5.91 Å². The lowest BCUT2D eigenvalue weighted by Crippen LogP contribution is -2.27. The lowest BCUT2D eigenvalue weighted by molar-refractivity contribution is -0.116. The topological polar surface area (TPSA) is 20.3 Å². The van der Waals surface area contributed by atoms with Crippen molar-refractivity contribution in [2.75, 3.05) is 11.4 Å². The van der Waals surface area contributed by atoms with Gasteiger partial charge >= 0.3 is 0 Å². The van der Waals surface area contributed by atoms with Crippen LogP contribution in [-0.2, 0) is 4.79 Å². The van der Waals surface area contributed by atoms with Gasteiger partial charge in [0.25, 0.3) is 0 Å². The summed E-state index contributed by atoms with van der Waals surface area (Å²) in [4.78, 5) is 13.5. The number of rotatable bonds is 1. The summed E-state index contributed by atoms with van der Waals surface area (Å²) in [5, 5.41) is 0.623. The van der Waals surface area contributed by atoms with E-state index in [0.717, 1.165) is 23.1 Å². The zero-order valence-electron chi connectivity index (χ0n) is 7.71. The molecule has 2 rings (SSSR count). The van der Waals surface area contributed by atoms with Crippen molar-refractivity contribution in [1.29, 1.82) is 0 Å². The summed E-state index contributed by atoms with van der Waals surface area (Å²) in [6.07, 6.45) is 0.831. The van der Waals surface area contributed by atoms with E-state index in [9.17, 15) is 4.79 Å². The molecular formula is C10H8Br2ClNO. The van der Waals surface area contributed by atoms with Gasteiger partial charge in [-0.15, -0.1) is 0 Å². The summed E-state index contributed by atoms with van der Waals surface area (Å²) in [6.45, 7) is 0.730. The van der Waals surface area contributed by atoms with Crippen LogP contribution in [0.5, 0.6) is 0 Å². The van der Waals surface area contributed by atoms with Crippen molar-refractivity contribution in [3.8, 4) is 0 Å². The van der Waals surface area contributed by atoms with Gasteiger partial charge in [0, 0.05) is 6.54 Å². The standard InChI is InChI=1S/C10H8Br2ClNO/c11-6-4-5-14(10(6)15)8-3-1-2-7(13)9(8)12/h1-3,6H,4-5H2. The van der Waals surface area contributed by atoms with Crippen LogP contribution in [0.25, 0.3) is 0 Å². The van der Waals surface area contributed by atoms with E-state index in [1.807, 2.05) is 12.1 Å². The lowest BCUT2D eigenvalue weighted by atomic mass is 10.3. The second kappa shape index (κ2) is 4.44. The Labute approximate surface area is 110 Å². The van der Waals surface area contributed by atoms with Gasteiger partial charge in [-0.1, -0.05) is 33.6 Å². The Balaban J connectivity index is 2.38. The number of carbonyl (C=O) groups excluding carboxylic acids is 1. The number of carbonyl (C=O) groups is 1. The fourth-order valence-corrected chi connectivity index (χ4v) is 2.69. The molecule has 0 aliphatic carbocycles. The summed E-state index contributed by atoms with van der Waals surface area (Å²) in [5.41, 5.74) is 0.842. The fourth-order valence-electron chi connectivity index (χ4n) is 1.59. The van der Waals surface area contributed by atoms with E-state index in [-0.39, 0.29) is 10.7 Å². The molecule has 1 aliphatic heterocycles. The second-order valence-corrected chi connectivity index (χ2v) is 5.62. The van der Waals surface area contributed by atoms with Crippen molar-refractivity contribution in [3.05, 3.63) is 27.7 Å². The van der Waals surface area contributed by atoms with Crippen molar-refractivity contribution in [3.63, 3.8) is 0 Å². The molecule has 0 spiro atoms. The van der Waals surface area contributed by atoms with Crippen molar-refractivity contribution >= 4 is 55.1 Å². The number of benzene rings is 1. The SMILES string of the molecule is O=C1C(Br)CCN1c1cccc(Cl)c1Br. The largest absolute Gasteiger partial charge is 0.310 e. The maximum atomic E-state index is 11.8. The van der Waals surface area contributed by atoms with Crippen LogP contribution in [0.2, 0.25) is 5.02 Å². The third-order valence-corrected chi connectivity index (χ3v) is 4.59. The predicted octanol–water partition coefficient (Wildman–Crippen LogP) is 3.60. The van der Waals surface area contributed by atoms with Crippen LogP contribution in [0, 0.1) is 0 Å². The van der Waals surface area contributed by atoms with Gasteiger partial charge < -0.3 is 4.90 Å². The van der Waals surface area contributed by atoms with Crippen LogP contribution >= 0.6 is 43.5 Å². The van der Waals surface area contributed by atoms with Crippen molar-refractivity contribution in [2.45, 2.75) is 11.2 Å². The minimum atomic E-state index is -0.0663. The molecular weight excluding hydrogens is 345 g/mol. The van der Waals surface area contributed by atoms with E-state index in [0.29, 0.717) is 5.02 Å². The molecule has 1 unspecified atom stereocenters. The van der Waals surface area contributed by atoms with Crippen molar-refractivity contribution < 1.29 is 4.79 Å². The highest BCUT2D eigenvalue weighted by Crippen LogP contribution is 2.35. The number of amides is 1. The van der Waals surface area contributed by atoms with Crippen LogP contribution in [0.1, 0.15) is 6.42 Å². The van der Waals surface area contributed by atoms with E-state index in [1.165, 1.54) is 0 Å². The Bertz CT molecular complexity index is 410. The van der Waals surface area contributed by atoms with Crippen LogP contribution in [0.15, 0.2) is 22.7 Å². The Hall–Kier alpha value is -0.0600.